The number of rotatable bonds is 5. The normalized spacial score (nSPS) is 10.1. The number of nitrogens with zero attached hydrogens (tertiary/aromatic N) is 1. The Balaban J connectivity index is 1.83. The molecule has 0 unspecified atom stereocenters. The van der Waals surface area contributed by atoms with Crippen molar-refractivity contribution in [2.75, 3.05) is 7.11 Å². The number of pyridine rings is 1. The lowest BCUT2D eigenvalue weighted by atomic mass is 10.2. The molecule has 0 aliphatic rings. The highest BCUT2D eigenvalue weighted by atomic mass is 16.5. The van der Waals surface area contributed by atoms with Crippen molar-refractivity contribution >= 4 is 5.91 Å². The maximum absolute atomic E-state index is 11.8. The molecule has 104 valence electrons. The minimum absolute atomic E-state index is 0.00493. The van der Waals surface area contributed by atoms with Crippen LogP contribution in [0.2, 0.25) is 0 Å². The zero-order chi connectivity index (χ0) is 14.4. The molecule has 2 aromatic rings. The van der Waals surface area contributed by atoms with E-state index in [0.29, 0.717) is 13.1 Å². The molecule has 0 fully saturated rings. The summed E-state index contributed by atoms with van der Waals surface area (Å²) >= 11 is 0. The first kappa shape index (κ1) is 14.1. The summed E-state index contributed by atoms with van der Waals surface area (Å²) in [6.45, 7) is 2.87. The molecule has 1 aromatic carbocycles. The predicted octanol–water partition coefficient (Wildman–Crippen LogP) is 1.61. The van der Waals surface area contributed by atoms with Crippen molar-refractivity contribution in [1.82, 2.24) is 5.32 Å². The fourth-order valence-corrected chi connectivity index (χ4v) is 1.80. The van der Waals surface area contributed by atoms with E-state index in [2.05, 4.69) is 5.32 Å². The molecule has 0 bridgehead atoms. The zero-order valence-corrected chi connectivity index (χ0v) is 11.8. The van der Waals surface area contributed by atoms with Crippen molar-refractivity contribution in [2.24, 2.45) is 0 Å². The quantitative estimate of drug-likeness (QED) is 0.839. The highest BCUT2D eigenvalue weighted by molar-refractivity contribution is 5.74. The highest BCUT2D eigenvalue weighted by Crippen LogP contribution is 2.10. The number of hydrogen-bond donors (Lipinski definition) is 1. The van der Waals surface area contributed by atoms with E-state index in [4.69, 9.17) is 4.74 Å². The molecule has 0 radical (unpaired) electrons. The lowest BCUT2D eigenvalue weighted by Crippen LogP contribution is -2.42. The smallest absolute Gasteiger partial charge is 0.286 e. The van der Waals surface area contributed by atoms with Gasteiger partial charge in [0.1, 0.15) is 5.75 Å². The largest absolute Gasteiger partial charge is 0.497 e. The molecule has 1 aromatic heterocycles. The lowest BCUT2D eigenvalue weighted by Gasteiger charge is -2.05. The number of benzene rings is 1. The van der Waals surface area contributed by atoms with E-state index in [9.17, 15) is 4.79 Å². The highest BCUT2D eigenvalue weighted by Gasteiger charge is 2.08. The van der Waals surface area contributed by atoms with Crippen molar-refractivity contribution in [3.05, 3.63) is 59.9 Å². The number of aryl methyl sites for hydroxylation is 1. The number of carbonyl (C=O) groups excluding carboxylic acids is 1. The molecule has 4 heteroatoms. The molecule has 0 saturated heterocycles. The Morgan fingerprint density at radius 1 is 1.15 bits per heavy atom. The first-order valence-corrected chi connectivity index (χ1v) is 6.53. The third-order valence-electron chi connectivity index (χ3n) is 3.03. The topological polar surface area (TPSA) is 42.2 Å². The van der Waals surface area contributed by atoms with Gasteiger partial charge < -0.3 is 10.1 Å². The number of amides is 1. The van der Waals surface area contributed by atoms with Crippen molar-refractivity contribution in [2.45, 2.75) is 20.0 Å². The minimum atomic E-state index is -0.00493. The van der Waals surface area contributed by atoms with Gasteiger partial charge in [0.15, 0.2) is 12.4 Å². The molecule has 0 aliphatic carbocycles. The fourth-order valence-electron chi connectivity index (χ4n) is 1.80. The van der Waals surface area contributed by atoms with Crippen LogP contribution in [0.15, 0.2) is 48.8 Å². The van der Waals surface area contributed by atoms with Crippen molar-refractivity contribution < 1.29 is 14.1 Å². The third-order valence-corrected chi connectivity index (χ3v) is 3.03. The van der Waals surface area contributed by atoms with Crippen molar-refractivity contribution in [3.63, 3.8) is 0 Å². The van der Waals surface area contributed by atoms with Crippen LogP contribution in [0, 0.1) is 6.92 Å². The number of aromatic nitrogens is 1. The summed E-state index contributed by atoms with van der Waals surface area (Å²) in [5.74, 6) is 0.810. The Morgan fingerprint density at radius 3 is 2.40 bits per heavy atom. The van der Waals surface area contributed by atoms with Gasteiger partial charge in [-0.3, -0.25) is 4.79 Å². The monoisotopic (exact) mass is 271 g/mol. The summed E-state index contributed by atoms with van der Waals surface area (Å²) in [5, 5.41) is 2.90. The van der Waals surface area contributed by atoms with Crippen LogP contribution in [0.4, 0.5) is 0 Å². The van der Waals surface area contributed by atoms with Gasteiger partial charge in [-0.2, -0.15) is 4.57 Å². The van der Waals surface area contributed by atoms with Crippen LogP contribution < -0.4 is 14.6 Å². The Hall–Kier alpha value is -2.36. The van der Waals surface area contributed by atoms with Crippen LogP contribution in [-0.2, 0) is 17.9 Å². The van der Waals surface area contributed by atoms with Crippen molar-refractivity contribution in [1.29, 1.82) is 0 Å². The van der Waals surface area contributed by atoms with Crippen LogP contribution in [0.3, 0.4) is 0 Å². The van der Waals surface area contributed by atoms with Crippen LogP contribution in [0.5, 0.6) is 5.75 Å². The van der Waals surface area contributed by atoms with Gasteiger partial charge in [0.25, 0.3) is 5.91 Å². The minimum Gasteiger partial charge on any atom is -0.497 e. The summed E-state index contributed by atoms with van der Waals surface area (Å²) in [6.07, 6.45) is 3.81. The Bertz CT molecular complexity index is 562. The van der Waals surface area contributed by atoms with Gasteiger partial charge in [0.2, 0.25) is 6.54 Å². The summed E-state index contributed by atoms with van der Waals surface area (Å²) in [6, 6.07) is 11.6. The van der Waals surface area contributed by atoms with Gasteiger partial charge in [-0.1, -0.05) is 12.1 Å². The van der Waals surface area contributed by atoms with Crippen molar-refractivity contribution in [3.8, 4) is 5.75 Å². The Kier molecular flexibility index (Phi) is 4.71. The maximum Gasteiger partial charge on any atom is 0.286 e. The number of nitrogens with one attached hydrogen (secondary N) is 1. The Labute approximate surface area is 119 Å². The first-order valence-electron chi connectivity index (χ1n) is 6.53. The average Bonchev–Trinajstić information content (AvgIpc) is 2.48. The van der Waals surface area contributed by atoms with Gasteiger partial charge in [0, 0.05) is 18.7 Å². The SMILES string of the molecule is COc1ccc(CNC(=O)C[n+]2ccc(C)cc2)cc1. The average molecular weight is 271 g/mol. The van der Waals surface area contributed by atoms with E-state index < -0.39 is 0 Å². The molecule has 2 rings (SSSR count). The maximum atomic E-state index is 11.8. The molecular weight excluding hydrogens is 252 g/mol. The zero-order valence-electron chi connectivity index (χ0n) is 11.8. The molecule has 0 saturated carbocycles. The molecule has 0 atom stereocenters. The van der Waals surface area contributed by atoms with E-state index in [1.54, 1.807) is 7.11 Å². The standard InChI is InChI=1S/C16H18N2O2/c1-13-7-9-18(10-8-13)12-16(19)17-11-14-3-5-15(20-2)6-4-14/h3-10H,11-12H2,1-2H3/p+1. The summed E-state index contributed by atoms with van der Waals surface area (Å²) in [5.41, 5.74) is 2.23. The number of carbonyl (C=O) groups is 1. The molecule has 1 heterocycles. The van der Waals surface area contributed by atoms with Gasteiger partial charge in [-0.05, 0) is 30.2 Å². The third kappa shape index (κ3) is 4.09. The fraction of sp³-hybridized carbons (Fsp3) is 0.250. The molecule has 1 amide bonds. The molecule has 4 nitrogen and oxygen atoms in total. The summed E-state index contributed by atoms with van der Waals surface area (Å²) in [7, 11) is 1.63. The van der Waals surface area contributed by atoms with E-state index >= 15 is 0 Å². The number of ether oxygens (including phenoxy) is 1. The van der Waals surface area contributed by atoms with E-state index in [1.807, 2.05) is 60.3 Å². The second kappa shape index (κ2) is 6.70. The molecule has 20 heavy (non-hydrogen) atoms. The molecule has 0 aliphatic heterocycles. The van der Waals surface area contributed by atoms with Crippen LogP contribution in [0.25, 0.3) is 0 Å². The Morgan fingerprint density at radius 2 is 1.80 bits per heavy atom. The second-order valence-electron chi connectivity index (χ2n) is 4.67. The number of methoxy groups -OCH3 is 1. The van der Waals surface area contributed by atoms with Gasteiger partial charge in [0.05, 0.1) is 7.11 Å². The molecule has 1 N–H and O–H groups in total. The van der Waals surface area contributed by atoms with E-state index in [0.717, 1.165) is 11.3 Å². The number of hydrogen-bond acceptors (Lipinski definition) is 2. The van der Waals surface area contributed by atoms with Gasteiger partial charge >= 0.3 is 0 Å². The van der Waals surface area contributed by atoms with Crippen LogP contribution in [-0.4, -0.2) is 13.0 Å². The van der Waals surface area contributed by atoms with E-state index in [1.165, 1.54) is 5.56 Å². The predicted molar refractivity (Wildman–Crippen MR) is 76.2 cm³/mol. The van der Waals surface area contributed by atoms with Gasteiger partial charge in [-0.25, -0.2) is 0 Å². The van der Waals surface area contributed by atoms with Gasteiger partial charge in [-0.15, -0.1) is 0 Å². The molecular formula is C16H19N2O2+. The second-order valence-corrected chi connectivity index (χ2v) is 4.67. The lowest BCUT2D eigenvalue weighted by molar-refractivity contribution is -0.684. The van der Waals surface area contributed by atoms with Crippen LogP contribution in [0.1, 0.15) is 11.1 Å². The summed E-state index contributed by atoms with van der Waals surface area (Å²) < 4.78 is 6.95. The molecule has 0 spiro atoms. The van der Waals surface area contributed by atoms with Crippen LogP contribution >= 0.6 is 0 Å². The summed E-state index contributed by atoms with van der Waals surface area (Å²) in [4.78, 5) is 11.8. The first-order chi connectivity index (χ1) is 9.67. The van der Waals surface area contributed by atoms with E-state index in [-0.39, 0.29) is 5.91 Å².